The summed E-state index contributed by atoms with van der Waals surface area (Å²) in [7, 11) is 0. The third-order valence-electron chi connectivity index (χ3n) is 6.41. The Hall–Kier alpha value is -3.68. The number of hydrogen-bond donors (Lipinski definition) is 0. The van der Waals surface area contributed by atoms with Gasteiger partial charge in [-0.25, -0.2) is 0 Å². The predicted molar refractivity (Wildman–Crippen MR) is 113 cm³/mol. The minimum Gasteiger partial charge on any atom is -0.491 e. The number of amides is 1. The van der Waals surface area contributed by atoms with E-state index in [2.05, 4.69) is 0 Å². The molecular formula is C25H18F3NO4. The molecule has 0 radical (unpaired) electrons. The van der Waals surface area contributed by atoms with Crippen LogP contribution in [0.5, 0.6) is 17.2 Å². The molecular weight excluding hydrogens is 435 g/mol. The molecule has 1 unspecified atom stereocenters. The number of carbonyl (C=O) groups excluding carboxylic acids is 1. The molecule has 3 aromatic carbocycles. The molecule has 168 valence electrons. The van der Waals surface area contributed by atoms with Crippen LogP contribution in [0.15, 0.2) is 60.7 Å². The maximum atomic E-state index is 14.0. The summed E-state index contributed by atoms with van der Waals surface area (Å²) >= 11 is 0. The highest BCUT2D eigenvalue weighted by Crippen LogP contribution is 2.55. The average Bonchev–Trinajstić information content (AvgIpc) is 3.29. The van der Waals surface area contributed by atoms with Gasteiger partial charge >= 0.3 is 6.18 Å². The number of para-hydroxylation sites is 1. The first kappa shape index (κ1) is 20.0. The Kier molecular flexibility index (Phi) is 4.18. The van der Waals surface area contributed by atoms with Crippen molar-refractivity contribution in [2.24, 2.45) is 0 Å². The molecule has 0 N–H and O–H groups in total. The minimum atomic E-state index is -4.45. The van der Waals surface area contributed by atoms with Crippen LogP contribution in [0.2, 0.25) is 0 Å². The van der Waals surface area contributed by atoms with Crippen LogP contribution in [0.3, 0.4) is 0 Å². The normalized spacial score (nSPS) is 20.6. The highest BCUT2D eigenvalue weighted by molar-refractivity contribution is 6.11. The second kappa shape index (κ2) is 6.91. The van der Waals surface area contributed by atoms with Crippen molar-refractivity contribution in [2.45, 2.75) is 18.1 Å². The lowest BCUT2D eigenvalue weighted by Gasteiger charge is -2.25. The van der Waals surface area contributed by atoms with Crippen molar-refractivity contribution in [1.29, 1.82) is 0 Å². The number of benzene rings is 3. The van der Waals surface area contributed by atoms with Crippen molar-refractivity contribution < 1.29 is 32.2 Å². The van der Waals surface area contributed by atoms with E-state index in [0.717, 1.165) is 17.7 Å². The van der Waals surface area contributed by atoms with E-state index in [1.165, 1.54) is 6.07 Å². The van der Waals surface area contributed by atoms with Crippen LogP contribution in [0.1, 0.15) is 22.3 Å². The summed E-state index contributed by atoms with van der Waals surface area (Å²) in [5, 5.41) is 0. The molecule has 0 saturated heterocycles. The van der Waals surface area contributed by atoms with E-state index in [9.17, 15) is 18.0 Å². The van der Waals surface area contributed by atoms with Crippen LogP contribution in [0.25, 0.3) is 0 Å². The Morgan fingerprint density at radius 3 is 2.39 bits per heavy atom. The quantitative estimate of drug-likeness (QED) is 0.565. The Bertz CT molecular complexity index is 1290. The first-order valence-electron chi connectivity index (χ1n) is 10.5. The molecule has 1 amide bonds. The molecule has 3 aliphatic rings. The Morgan fingerprint density at radius 1 is 0.848 bits per heavy atom. The van der Waals surface area contributed by atoms with Gasteiger partial charge in [0.15, 0.2) is 11.5 Å². The molecule has 0 bridgehead atoms. The van der Waals surface area contributed by atoms with Gasteiger partial charge in [-0.05, 0) is 35.4 Å². The number of rotatable bonds is 2. The number of carbonyl (C=O) groups is 1. The largest absolute Gasteiger partial charge is 0.491 e. The summed E-state index contributed by atoms with van der Waals surface area (Å²) in [6.07, 6.45) is -4.45. The third-order valence-corrected chi connectivity index (χ3v) is 6.41. The van der Waals surface area contributed by atoms with E-state index in [-0.39, 0.29) is 19.1 Å². The molecule has 1 spiro atoms. The first-order chi connectivity index (χ1) is 15.9. The zero-order valence-corrected chi connectivity index (χ0v) is 17.3. The summed E-state index contributed by atoms with van der Waals surface area (Å²) in [4.78, 5) is 15.5. The number of halogens is 3. The molecule has 33 heavy (non-hydrogen) atoms. The van der Waals surface area contributed by atoms with Crippen molar-refractivity contribution in [2.75, 3.05) is 24.7 Å². The number of alkyl halides is 3. The summed E-state index contributed by atoms with van der Waals surface area (Å²) in [6.45, 7) is 0.955. The van der Waals surface area contributed by atoms with Gasteiger partial charge in [0.2, 0.25) is 5.91 Å². The molecule has 6 rings (SSSR count). The smallest absolute Gasteiger partial charge is 0.416 e. The van der Waals surface area contributed by atoms with Crippen molar-refractivity contribution in [3.63, 3.8) is 0 Å². The number of anilines is 1. The molecule has 3 aromatic rings. The number of fused-ring (bicyclic) bond motifs is 5. The summed E-state index contributed by atoms with van der Waals surface area (Å²) in [5.74, 6) is 1.42. The minimum absolute atomic E-state index is 0.0153. The van der Waals surface area contributed by atoms with Gasteiger partial charge < -0.3 is 19.1 Å². The van der Waals surface area contributed by atoms with Crippen LogP contribution >= 0.6 is 0 Å². The molecule has 0 fully saturated rings. The average molecular weight is 453 g/mol. The fourth-order valence-electron chi connectivity index (χ4n) is 4.90. The summed E-state index contributed by atoms with van der Waals surface area (Å²) < 4.78 is 57.0. The highest BCUT2D eigenvalue weighted by Gasteiger charge is 2.57. The molecule has 1 atom stereocenters. The van der Waals surface area contributed by atoms with Gasteiger partial charge in [0, 0.05) is 17.3 Å². The standard InChI is InChI=1S/C25H18F3NO4/c26-25(27,28)16-5-3-4-15(10-16)13-29-19-7-2-1-6-17(19)24(23(29)30)14-33-20-12-22-21(11-18(20)24)31-8-9-32-22/h1-7,10-12H,8-9,13-14H2. The van der Waals surface area contributed by atoms with E-state index in [1.807, 2.05) is 24.3 Å². The van der Waals surface area contributed by atoms with Crippen LogP contribution in [-0.4, -0.2) is 25.7 Å². The van der Waals surface area contributed by atoms with Crippen molar-refractivity contribution in [3.8, 4) is 17.2 Å². The Labute approximate surface area is 187 Å². The van der Waals surface area contributed by atoms with Gasteiger partial charge in [-0.15, -0.1) is 0 Å². The van der Waals surface area contributed by atoms with Crippen LogP contribution in [0, 0.1) is 0 Å². The van der Waals surface area contributed by atoms with E-state index in [0.29, 0.717) is 47.3 Å². The lowest BCUT2D eigenvalue weighted by Crippen LogP contribution is -2.42. The molecule has 3 heterocycles. The number of nitrogens with zero attached hydrogens (tertiary/aromatic N) is 1. The fourth-order valence-corrected chi connectivity index (χ4v) is 4.90. The van der Waals surface area contributed by atoms with E-state index < -0.39 is 17.2 Å². The molecule has 0 saturated carbocycles. The Balaban J connectivity index is 1.45. The Morgan fingerprint density at radius 2 is 1.61 bits per heavy atom. The van der Waals surface area contributed by atoms with Gasteiger partial charge in [-0.3, -0.25) is 4.79 Å². The topological polar surface area (TPSA) is 48.0 Å². The maximum Gasteiger partial charge on any atom is 0.416 e. The SMILES string of the molecule is O=C1N(Cc2cccc(C(F)(F)F)c2)c2ccccc2C12COc1cc3c(cc12)OCCO3. The molecule has 5 nitrogen and oxygen atoms in total. The van der Waals surface area contributed by atoms with Gasteiger partial charge in [-0.1, -0.05) is 30.3 Å². The molecule has 3 aliphatic heterocycles. The van der Waals surface area contributed by atoms with E-state index in [1.54, 1.807) is 23.1 Å². The summed E-state index contributed by atoms with van der Waals surface area (Å²) in [6, 6.07) is 15.9. The highest BCUT2D eigenvalue weighted by atomic mass is 19.4. The van der Waals surface area contributed by atoms with Crippen LogP contribution in [-0.2, 0) is 22.9 Å². The van der Waals surface area contributed by atoms with Gasteiger partial charge in [0.25, 0.3) is 0 Å². The maximum absolute atomic E-state index is 14.0. The zero-order valence-electron chi connectivity index (χ0n) is 17.3. The molecule has 0 aromatic heterocycles. The zero-order chi connectivity index (χ0) is 22.8. The van der Waals surface area contributed by atoms with Crippen molar-refractivity contribution in [3.05, 3.63) is 82.9 Å². The van der Waals surface area contributed by atoms with Gasteiger partial charge in [-0.2, -0.15) is 13.2 Å². The monoisotopic (exact) mass is 453 g/mol. The van der Waals surface area contributed by atoms with E-state index >= 15 is 0 Å². The first-order valence-corrected chi connectivity index (χ1v) is 10.5. The second-order valence-corrected chi connectivity index (χ2v) is 8.29. The van der Waals surface area contributed by atoms with Crippen LogP contribution in [0.4, 0.5) is 18.9 Å². The van der Waals surface area contributed by atoms with Crippen molar-refractivity contribution in [1.82, 2.24) is 0 Å². The molecule has 0 aliphatic carbocycles. The van der Waals surface area contributed by atoms with Crippen molar-refractivity contribution >= 4 is 11.6 Å². The lowest BCUT2D eigenvalue weighted by molar-refractivity contribution is -0.137. The summed E-state index contributed by atoms with van der Waals surface area (Å²) in [5.41, 5.74) is 0.655. The second-order valence-electron chi connectivity index (χ2n) is 8.29. The van der Waals surface area contributed by atoms with E-state index in [4.69, 9.17) is 14.2 Å². The number of hydrogen-bond acceptors (Lipinski definition) is 4. The third kappa shape index (κ3) is 2.90. The predicted octanol–water partition coefficient (Wildman–Crippen LogP) is 4.70. The lowest BCUT2D eigenvalue weighted by atomic mass is 9.77. The fraction of sp³-hybridized carbons (Fsp3) is 0.240. The van der Waals surface area contributed by atoms with Gasteiger partial charge in [0.05, 0.1) is 12.1 Å². The number of ether oxygens (including phenoxy) is 3. The van der Waals surface area contributed by atoms with Gasteiger partial charge in [0.1, 0.15) is 31.0 Å². The molecule has 8 heteroatoms. The van der Waals surface area contributed by atoms with Crippen LogP contribution < -0.4 is 19.1 Å².